The number of amides is 1. The average molecular weight is 476 g/mol. The number of ether oxygens (including phenoxy) is 3. The lowest BCUT2D eigenvalue weighted by molar-refractivity contribution is 0.102. The van der Waals surface area contributed by atoms with Gasteiger partial charge in [0.15, 0.2) is 5.58 Å². The summed E-state index contributed by atoms with van der Waals surface area (Å²) in [7, 11) is 4.61. The Balaban J connectivity index is 1.90. The summed E-state index contributed by atoms with van der Waals surface area (Å²) in [5, 5.41) is 13.2. The molecule has 0 unspecified atom stereocenters. The van der Waals surface area contributed by atoms with Crippen LogP contribution in [0.1, 0.15) is 21.6 Å². The van der Waals surface area contributed by atoms with Gasteiger partial charge in [0.1, 0.15) is 22.8 Å². The first kappa shape index (κ1) is 23.8. The highest BCUT2D eigenvalue weighted by molar-refractivity contribution is 6.06. The van der Waals surface area contributed by atoms with Crippen LogP contribution in [0.3, 0.4) is 0 Å². The molecule has 1 amide bonds. The maximum absolute atomic E-state index is 13.5. The van der Waals surface area contributed by atoms with Gasteiger partial charge in [0, 0.05) is 29.3 Å². The van der Waals surface area contributed by atoms with E-state index in [4.69, 9.17) is 18.6 Å². The first-order valence-corrected chi connectivity index (χ1v) is 10.7. The lowest BCUT2D eigenvalue weighted by Gasteiger charge is -2.13. The molecular weight excluding hydrogens is 450 g/mol. The highest BCUT2D eigenvalue weighted by atomic mass is 16.5. The number of carbonyl (C=O) groups excluding carboxylic acids is 1. The molecule has 0 bridgehead atoms. The standard InChI is InChI=1S/C26H25N3O6/c1-15-24-20(16(14-30)13-27-15)12-21(26(35-24)28-17-6-5-7-18(10-17)32-2)25(31)29-22-9-8-19(33-3)11-23(22)34-4/h5-13,30H,14H2,1-4H3,(H,29,31). The highest BCUT2D eigenvalue weighted by Crippen LogP contribution is 2.30. The third kappa shape index (κ3) is 4.95. The summed E-state index contributed by atoms with van der Waals surface area (Å²) in [6.45, 7) is 1.52. The van der Waals surface area contributed by atoms with E-state index in [9.17, 15) is 9.90 Å². The van der Waals surface area contributed by atoms with Gasteiger partial charge in [-0.15, -0.1) is 0 Å². The van der Waals surface area contributed by atoms with Gasteiger partial charge in [-0.2, -0.15) is 0 Å². The number of aromatic nitrogens is 1. The summed E-state index contributed by atoms with van der Waals surface area (Å²) >= 11 is 0. The highest BCUT2D eigenvalue weighted by Gasteiger charge is 2.18. The molecule has 0 saturated heterocycles. The van der Waals surface area contributed by atoms with Gasteiger partial charge in [0.25, 0.3) is 5.91 Å². The Bertz CT molecular complexity index is 1460. The number of hydrogen-bond donors (Lipinski definition) is 2. The second kappa shape index (κ2) is 10.3. The molecule has 2 heterocycles. The summed E-state index contributed by atoms with van der Waals surface area (Å²) in [6, 6.07) is 13.8. The lowest BCUT2D eigenvalue weighted by Crippen LogP contribution is -2.22. The molecule has 2 aromatic heterocycles. The van der Waals surface area contributed by atoms with Gasteiger partial charge < -0.3 is 29.1 Å². The quantitative estimate of drug-likeness (QED) is 0.413. The zero-order chi connectivity index (χ0) is 24.9. The third-order valence-corrected chi connectivity index (χ3v) is 5.41. The van der Waals surface area contributed by atoms with Crippen molar-refractivity contribution in [1.82, 2.24) is 4.98 Å². The van der Waals surface area contributed by atoms with Crippen LogP contribution in [-0.4, -0.2) is 37.3 Å². The Kier molecular flexibility index (Phi) is 6.98. The van der Waals surface area contributed by atoms with Crippen LogP contribution in [0.5, 0.6) is 17.2 Å². The number of pyridine rings is 1. The normalized spacial score (nSPS) is 11.4. The number of anilines is 1. The number of rotatable bonds is 7. The van der Waals surface area contributed by atoms with Crippen molar-refractivity contribution in [3.8, 4) is 17.2 Å². The SMILES string of the molecule is COc1cccc(N=c2oc3c(C)ncc(CO)c3cc2C(=O)Nc2ccc(OC)cc2OC)c1. The smallest absolute Gasteiger partial charge is 0.261 e. The van der Waals surface area contributed by atoms with E-state index in [-0.39, 0.29) is 17.7 Å². The number of benzene rings is 2. The first-order chi connectivity index (χ1) is 17.0. The number of aryl methyl sites for hydroxylation is 1. The molecule has 4 aromatic rings. The van der Waals surface area contributed by atoms with Crippen molar-refractivity contribution in [2.45, 2.75) is 13.5 Å². The monoisotopic (exact) mass is 475 g/mol. The van der Waals surface area contributed by atoms with Crippen molar-refractivity contribution in [2.24, 2.45) is 4.99 Å². The van der Waals surface area contributed by atoms with Crippen LogP contribution in [0.15, 0.2) is 64.1 Å². The summed E-state index contributed by atoms with van der Waals surface area (Å²) < 4.78 is 22.0. The molecule has 0 radical (unpaired) electrons. The number of aliphatic hydroxyl groups excluding tert-OH is 1. The van der Waals surface area contributed by atoms with Gasteiger partial charge in [-0.3, -0.25) is 9.78 Å². The summed E-state index contributed by atoms with van der Waals surface area (Å²) in [5.74, 6) is 1.16. The molecule has 35 heavy (non-hydrogen) atoms. The van der Waals surface area contributed by atoms with Crippen LogP contribution in [0.4, 0.5) is 11.4 Å². The van der Waals surface area contributed by atoms with Crippen molar-refractivity contribution in [1.29, 1.82) is 0 Å². The predicted molar refractivity (Wildman–Crippen MR) is 130 cm³/mol. The summed E-state index contributed by atoms with van der Waals surface area (Å²) in [5.41, 5.74) is 2.78. The van der Waals surface area contributed by atoms with E-state index >= 15 is 0 Å². The second-order valence-electron chi connectivity index (χ2n) is 7.57. The molecule has 4 rings (SSSR count). The summed E-state index contributed by atoms with van der Waals surface area (Å²) in [6.07, 6.45) is 1.56. The molecule has 180 valence electrons. The molecule has 0 saturated carbocycles. The van der Waals surface area contributed by atoms with E-state index < -0.39 is 5.91 Å². The number of methoxy groups -OCH3 is 3. The summed E-state index contributed by atoms with van der Waals surface area (Å²) in [4.78, 5) is 22.3. The Labute approximate surface area is 201 Å². The first-order valence-electron chi connectivity index (χ1n) is 10.7. The van der Waals surface area contributed by atoms with Crippen LogP contribution in [0.25, 0.3) is 11.0 Å². The molecule has 0 atom stereocenters. The lowest BCUT2D eigenvalue weighted by atomic mass is 10.1. The van der Waals surface area contributed by atoms with Crippen LogP contribution >= 0.6 is 0 Å². The van der Waals surface area contributed by atoms with E-state index in [1.807, 2.05) is 0 Å². The fourth-order valence-electron chi connectivity index (χ4n) is 3.55. The van der Waals surface area contributed by atoms with Crippen molar-refractivity contribution in [2.75, 3.05) is 26.6 Å². The minimum absolute atomic E-state index is 0.0794. The molecule has 0 spiro atoms. The Morgan fingerprint density at radius 2 is 1.83 bits per heavy atom. The van der Waals surface area contributed by atoms with Crippen molar-refractivity contribution >= 4 is 28.3 Å². The predicted octanol–water partition coefficient (Wildman–Crippen LogP) is 4.14. The maximum atomic E-state index is 13.5. The molecule has 0 aliphatic heterocycles. The van der Waals surface area contributed by atoms with Crippen molar-refractivity contribution in [3.63, 3.8) is 0 Å². The van der Waals surface area contributed by atoms with E-state index in [1.165, 1.54) is 7.11 Å². The van der Waals surface area contributed by atoms with E-state index in [0.29, 0.717) is 50.8 Å². The van der Waals surface area contributed by atoms with Crippen LogP contribution in [0, 0.1) is 6.92 Å². The fourth-order valence-corrected chi connectivity index (χ4v) is 3.55. The Morgan fingerprint density at radius 1 is 1.06 bits per heavy atom. The molecule has 0 fully saturated rings. The molecule has 9 heteroatoms. The number of nitrogens with one attached hydrogen (secondary N) is 1. The van der Waals surface area contributed by atoms with Crippen LogP contribution in [0.2, 0.25) is 0 Å². The number of fused-ring (bicyclic) bond motifs is 1. The molecule has 2 N–H and O–H groups in total. The second-order valence-corrected chi connectivity index (χ2v) is 7.57. The minimum Gasteiger partial charge on any atom is -0.497 e. The molecule has 0 aliphatic carbocycles. The van der Waals surface area contributed by atoms with Gasteiger partial charge in [-0.1, -0.05) is 6.07 Å². The van der Waals surface area contributed by atoms with Crippen molar-refractivity contribution < 1.29 is 28.5 Å². The molecule has 0 aliphatic rings. The van der Waals surface area contributed by atoms with E-state index in [0.717, 1.165) is 0 Å². The van der Waals surface area contributed by atoms with Crippen LogP contribution < -0.4 is 25.1 Å². The zero-order valence-corrected chi connectivity index (χ0v) is 19.8. The Morgan fingerprint density at radius 3 is 2.54 bits per heavy atom. The minimum atomic E-state index is -0.473. The average Bonchev–Trinajstić information content (AvgIpc) is 2.89. The van der Waals surface area contributed by atoms with Gasteiger partial charge in [0.2, 0.25) is 5.55 Å². The zero-order valence-electron chi connectivity index (χ0n) is 19.8. The molecule has 9 nitrogen and oxygen atoms in total. The maximum Gasteiger partial charge on any atom is 0.261 e. The largest absolute Gasteiger partial charge is 0.497 e. The number of carbonyl (C=O) groups is 1. The molecule has 2 aromatic carbocycles. The number of hydrogen-bond acceptors (Lipinski definition) is 8. The van der Waals surface area contributed by atoms with E-state index in [2.05, 4.69) is 15.3 Å². The fraction of sp³-hybridized carbons (Fsp3) is 0.192. The third-order valence-electron chi connectivity index (χ3n) is 5.41. The van der Waals surface area contributed by atoms with Crippen molar-refractivity contribution in [3.05, 3.63) is 77.1 Å². The van der Waals surface area contributed by atoms with Crippen LogP contribution in [-0.2, 0) is 6.61 Å². The molecular formula is C26H25N3O6. The topological polar surface area (TPSA) is 115 Å². The number of nitrogens with zero attached hydrogens (tertiary/aromatic N) is 2. The van der Waals surface area contributed by atoms with Gasteiger partial charge in [0.05, 0.1) is 45.0 Å². The van der Waals surface area contributed by atoms with Gasteiger partial charge in [-0.05, 0) is 37.3 Å². The number of aliphatic hydroxyl groups is 1. The van der Waals surface area contributed by atoms with Gasteiger partial charge >= 0.3 is 0 Å². The Hall–Kier alpha value is -4.37. The van der Waals surface area contributed by atoms with E-state index in [1.54, 1.807) is 75.9 Å². The van der Waals surface area contributed by atoms with Gasteiger partial charge in [-0.25, -0.2) is 4.99 Å².